The van der Waals surface area contributed by atoms with Crippen molar-refractivity contribution in [3.63, 3.8) is 0 Å². The van der Waals surface area contributed by atoms with E-state index >= 15 is 0 Å². The van der Waals surface area contributed by atoms with Crippen LogP contribution in [0.15, 0.2) is 59.5 Å². The Morgan fingerprint density at radius 3 is 2.26 bits per heavy atom. The number of carbonyl (C=O) groups is 1. The summed E-state index contributed by atoms with van der Waals surface area (Å²) in [4.78, 5) is 13.4. The summed E-state index contributed by atoms with van der Waals surface area (Å²) < 4.78 is 40.2. The van der Waals surface area contributed by atoms with Gasteiger partial charge < -0.3 is 9.47 Å². The smallest absolute Gasteiger partial charge is 0.351 e. The molecule has 0 heterocycles. The minimum Gasteiger partial charge on any atom is -0.459 e. The fourth-order valence-corrected chi connectivity index (χ4v) is 5.97. The fourth-order valence-electron chi connectivity index (χ4n) is 4.91. The molecule has 0 amide bonds. The molecule has 35 heavy (non-hydrogen) atoms. The second kappa shape index (κ2) is 11.2. The molecule has 1 N–H and O–H groups in total. The predicted molar refractivity (Wildman–Crippen MR) is 137 cm³/mol. The number of ether oxygens (including phenoxy) is 2. The molecule has 1 aliphatic rings. The van der Waals surface area contributed by atoms with Crippen molar-refractivity contribution in [2.45, 2.75) is 89.6 Å². The van der Waals surface area contributed by atoms with Gasteiger partial charge >= 0.3 is 5.97 Å². The van der Waals surface area contributed by atoms with Crippen LogP contribution in [-0.4, -0.2) is 32.8 Å². The monoisotopic (exact) mass is 501 g/mol. The number of esters is 1. The lowest BCUT2D eigenvalue weighted by molar-refractivity contribution is -0.173. The number of rotatable bonds is 9. The van der Waals surface area contributed by atoms with E-state index in [2.05, 4.69) is 37.6 Å². The Balaban J connectivity index is 1.83. The largest absolute Gasteiger partial charge is 0.459 e. The van der Waals surface area contributed by atoms with Crippen molar-refractivity contribution < 1.29 is 22.7 Å². The van der Waals surface area contributed by atoms with Crippen molar-refractivity contribution in [1.29, 1.82) is 0 Å². The van der Waals surface area contributed by atoms with Crippen molar-refractivity contribution >= 4 is 16.0 Å². The van der Waals surface area contributed by atoms with Crippen LogP contribution in [0.3, 0.4) is 0 Å². The third-order valence-corrected chi connectivity index (χ3v) is 8.40. The Labute approximate surface area is 210 Å². The van der Waals surface area contributed by atoms with Gasteiger partial charge in [-0.3, -0.25) is 0 Å². The van der Waals surface area contributed by atoms with Crippen molar-refractivity contribution in [1.82, 2.24) is 4.72 Å². The molecule has 6 nitrogen and oxygen atoms in total. The average Bonchev–Trinajstić information content (AvgIpc) is 2.79. The molecular weight excluding hydrogens is 462 g/mol. The summed E-state index contributed by atoms with van der Waals surface area (Å²) in [7, 11) is -3.98. The Kier molecular flexibility index (Phi) is 8.78. The zero-order chi connectivity index (χ0) is 25.8. The third kappa shape index (κ3) is 6.93. The molecule has 1 fully saturated rings. The molecule has 1 saturated carbocycles. The van der Waals surface area contributed by atoms with Gasteiger partial charge in [-0.05, 0) is 62.6 Å². The number of aryl methyl sites for hydroxylation is 1. The molecule has 0 aliphatic heterocycles. The number of sulfonamides is 1. The van der Waals surface area contributed by atoms with E-state index in [-0.39, 0.29) is 28.4 Å². The van der Waals surface area contributed by atoms with E-state index in [4.69, 9.17) is 9.47 Å². The van der Waals surface area contributed by atoms with Gasteiger partial charge in [0.25, 0.3) is 0 Å². The molecule has 0 radical (unpaired) electrons. The van der Waals surface area contributed by atoms with Gasteiger partial charge in [-0.15, -0.1) is 0 Å². The van der Waals surface area contributed by atoms with Gasteiger partial charge in [0.15, 0.2) is 0 Å². The molecule has 0 unspecified atom stereocenters. The van der Waals surface area contributed by atoms with E-state index in [1.54, 1.807) is 26.0 Å². The van der Waals surface area contributed by atoms with E-state index in [9.17, 15) is 13.2 Å². The van der Waals surface area contributed by atoms with E-state index < -0.39 is 22.2 Å². The summed E-state index contributed by atoms with van der Waals surface area (Å²) >= 11 is 0. The summed E-state index contributed by atoms with van der Waals surface area (Å²) in [6.07, 6.45) is 0.552. The maximum absolute atomic E-state index is 13.4. The van der Waals surface area contributed by atoms with E-state index in [0.717, 1.165) is 24.8 Å². The molecule has 2 aromatic rings. The highest BCUT2D eigenvalue weighted by Crippen LogP contribution is 2.43. The van der Waals surface area contributed by atoms with Gasteiger partial charge in [0.05, 0.1) is 11.0 Å². The average molecular weight is 502 g/mol. The van der Waals surface area contributed by atoms with Crippen molar-refractivity contribution in [2.75, 3.05) is 0 Å². The second-order valence-corrected chi connectivity index (χ2v) is 12.3. The number of hydrogen-bond donors (Lipinski definition) is 1. The van der Waals surface area contributed by atoms with Crippen LogP contribution in [0.5, 0.6) is 0 Å². The molecule has 7 heteroatoms. The molecule has 3 rings (SSSR count). The Morgan fingerprint density at radius 2 is 1.66 bits per heavy atom. The lowest BCUT2D eigenvalue weighted by atomic mass is 9.64. The number of nitrogens with one attached hydrogen (secondary N) is 1. The molecule has 2 aromatic carbocycles. The number of hydrogen-bond acceptors (Lipinski definition) is 5. The maximum Gasteiger partial charge on any atom is 0.351 e. The number of carbonyl (C=O) groups excluding carboxylic acids is 1. The summed E-state index contributed by atoms with van der Waals surface area (Å²) in [5, 5.41) is 0. The third-order valence-electron chi connectivity index (χ3n) is 6.98. The van der Waals surface area contributed by atoms with Gasteiger partial charge in [-0.1, -0.05) is 75.2 Å². The molecule has 0 aromatic heterocycles. The number of benzene rings is 2. The van der Waals surface area contributed by atoms with E-state index in [1.807, 2.05) is 25.1 Å². The lowest BCUT2D eigenvalue weighted by Gasteiger charge is -2.44. The van der Waals surface area contributed by atoms with Crippen LogP contribution in [0, 0.1) is 18.8 Å². The molecule has 4 atom stereocenters. The molecular formula is C28H39NO5S. The summed E-state index contributed by atoms with van der Waals surface area (Å²) in [5.41, 5.74) is 1.91. The van der Waals surface area contributed by atoms with Gasteiger partial charge in [-0.25, -0.2) is 13.2 Å². The highest BCUT2D eigenvalue weighted by Gasteiger charge is 2.43. The first kappa shape index (κ1) is 27.4. The topological polar surface area (TPSA) is 81.7 Å². The van der Waals surface area contributed by atoms with Gasteiger partial charge in [-0.2, -0.15) is 4.72 Å². The lowest BCUT2D eigenvalue weighted by Crippen LogP contribution is -2.49. The quantitative estimate of drug-likeness (QED) is 0.370. The molecule has 192 valence electrons. The minimum atomic E-state index is -3.98. The predicted octanol–water partition coefficient (Wildman–Crippen LogP) is 5.35. The van der Waals surface area contributed by atoms with Gasteiger partial charge in [0.2, 0.25) is 16.3 Å². The van der Waals surface area contributed by atoms with Crippen LogP contribution in [0.1, 0.15) is 65.0 Å². The highest BCUT2D eigenvalue weighted by molar-refractivity contribution is 7.89. The van der Waals surface area contributed by atoms with Crippen LogP contribution < -0.4 is 4.72 Å². The highest BCUT2D eigenvalue weighted by atomic mass is 32.2. The van der Waals surface area contributed by atoms with Crippen LogP contribution >= 0.6 is 0 Å². The first-order chi connectivity index (χ1) is 16.4. The van der Waals surface area contributed by atoms with E-state index in [0.29, 0.717) is 5.92 Å². The zero-order valence-electron chi connectivity index (χ0n) is 21.7. The normalized spacial score (nSPS) is 22.1. The molecule has 0 bridgehead atoms. The van der Waals surface area contributed by atoms with Gasteiger partial charge in [0, 0.05) is 5.92 Å². The molecule has 0 saturated heterocycles. The zero-order valence-corrected chi connectivity index (χ0v) is 22.5. The van der Waals surface area contributed by atoms with Crippen molar-refractivity contribution in [3.05, 3.63) is 65.7 Å². The Hall–Kier alpha value is -2.22. The molecule has 1 aliphatic carbocycles. The van der Waals surface area contributed by atoms with Crippen LogP contribution in [0.25, 0.3) is 0 Å². The Morgan fingerprint density at radius 1 is 1.03 bits per heavy atom. The summed E-state index contributed by atoms with van der Waals surface area (Å²) in [5.74, 6) is -0.204. The van der Waals surface area contributed by atoms with Crippen LogP contribution in [0.4, 0.5) is 0 Å². The molecule has 0 spiro atoms. The van der Waals surface area contributed by atoms with Crippen molar-refractivity contribution in [3.8, 4) is 0 Å². The minimum absolute atomic E-state index is 0.0719. The van der Waals surface area contributed by atoms with E-state index in [1.165, 1.54) is 17.7 Å². The fraction of sp³-hybridized carbons (Fsp3) is 0.536. The SMILES string of the molecule is Cc1ccc(S(=O)(=O)N[C@@H](OC(C)C)C(=O)O[C@@H]2C[C@H](C)CC[C@H]2C(C)(C)c2ccccc2)cc1. The summed E-state index contributed by atoms with van der Waals surface area (Å²) in [6.45, 7) is 11.9. The van der Waals surface area contributed by atoms with Crippen LogP contribution in [0.2, 0.25) is 0 Å². The first-order valence-corrected chi connectivity index (χ1v) is 13.9. The van der Waals surface area contributed by atoms with Gasteiger partial charge in [0.1, 0.15) is 6.10 Å². The first-order valence-electron chi connectivity index (χ1n) is 12.4. The second-order valence-electron chi connectivity index (χ2n) is 10.6. The maximum atomic E-state index is 13.4. The van der Waals surface area contributed by atoms with Crippen LogP contribution in [-0.2, 0) is 29.7 Å². The summed E-state index contributed by atoms with van der Waals surface area (Å²) in [6, 6.07) is 16.7. The Bertz CT molecular complexity index is 1080. The standard InChI is InChI=1S/C28H39NO5S/c1-19(2)33-26(29-35(31,32)23-15-12-20(3)13-16-23)27(30)34-25-18-21(4)14-17-24(25)28(5,6)22-10-8-7-9-11-22/h7-13,15-16,19,21,24-26,29H,14,17-18H2,1-6H3/t21-,24-,25-,26+/m1/s1. The van der Waals surface area contributed by atoms with Crippen molar-refractivity contribution in [2.24, 2.45) is 11.8 Å².